The number of hydrogen-bond donors (Lipinski definition) is 0. The summed E-state index contributed by atoms with van der Waals surface area (Å²) in [6.45, 7) is 3.55. The molecule has 0 spiro atoms. The Kier molecular flexibility index (Phi) is 2.97. The maximum atomic E-state index is 10.4. The summed E-state index contributed by atoms with van der Waals surface area (Å²) >= 11 is 0. The van der Waals surface area contributed by atoms with Gasteiger partial charge in [-0.1, -0.05) is 12.1 Å². The van der Waals surface area contributed by atoms with Crippen LogP contribution >= 0.6 is 0 Å². The van der Waals surface area contributed by atoms with Crippen molar-refractivity contribution in [3.05, 3.63) is 52.1 Å². The summed E-state index contributed by atoms with van der Waals surface area (Å²) in [7, 11) is 0. The predicted octanol–water partition coefficient (Wildman–Crippen LogP) is 2.19. The van der Waals surface area contributed by atoms with Gasteiger partial charge in [0.25, 0.3) is 5.69 Å². The van der Waals surface area contributed by atoms with E-state index in [1.165, 1.54) is 12.1 Å². The van der Waals surface area contributed by atoms with Crippen LogP contribution in [0.2, 0.25) is 0 Å². The minimum atomic E-state index is -0.515. The van der Waals surface area contributed by atoms with Crippen molar-refractivity contribution in [3.8, 4) is 6.07 Å². The molecule has 1 aromatic carbocycles. The first kappa shape index (κ1) is 9.93. The van der Waals surface area contributed by atoms with E-state index in [1.807, 2.05) is 6.07 Å². The van der Waals surface area contributed by atoms with Crippen molar-refractivity contribution in [2.24, 2.45) is 0 Å². The van der Waals surface area contributed by atoms with E-state index >= 15 is 0 Å². The molecule has 0 aliphatic heterocycles. The molecule has 0 unspecified atom stereocenters. The third-order valence-electron chi connectivity index (χ3n) is 1.79. The number of benzene rings is 1. The Morgan fingerprint density at radius 1 is 1.64 bits per heavy atom. The number of nitriles is 1. The number of rotatable bonds is 3. The average Bonchev–Trinajstić information content (AvgIpc) is 2.18. The van der Waals surface area contributed by atoms with Crippen LogP contribution in [0, 0.1) is 21.4 Å². The molecule has 0 atom stereocenters. The van der Waals surface area contributed by atoms with E-state index in [2.05, 4.69) is 6.58 Å². The Balaban J connectivity index is 3.19. The Bertz CT molecular complexity index is 419. The minimum Gasteiger partial charge on any atom is -0.258 e. The van der Waals surface area contributed by atoms with Crippen LogP contribution in [0.25, 0.3) is 0 Å². The fraction of sp³-hybridized carbons (Fsp3) is 0.100. The second-order valence-corrected chi connectivity index (χ2v) is 2.70. The molecule has 70 valence electrons. The van der Waals surface area contributed by atoms with Gasteiger partial charge in [-0.15, -0.1) is 6.58 Å². The summed E-state index contributed by atoms with van der Waals surface area (Å²) in [5, 5.41) is 19.2. The Morgan fingerprint density at radius 2 is 2.36 bits per heavy atom. The van der Waals surface area contributed by atoms with Gasteiger partial charge in [0.05, 0.1) is 16.6 Å². The van der Waals surface area contributed by atoms with Crippen molar-refractivity contribution in [2.45, 2.75) is 6.42 Å². The summed E-state index contributed by atoms with van der Waals surface area (Å²) < 4.78 is 0. The standard InChI is InChI=1S/C10H8N2O2/c1-2-3-8-4-5-10(12(13)14)6-9(8)7-11/h2,4-6H,1,3H2. The first-order chi connectivity index (χ1) is 6.69. The van der Waals surface area contributed by atoms with E-state index in [9.17, 15) is 10.1 Å². The van der Waals surface area contributed by atoms with Crippen LogP contribution in [0.15, 0.2) is 30.9 Å². The van der Waals surface area contributed by atoms with Crippen molar-refractivity contribution in [1.82, 2.24) is 0 Å². The van der Waals surface area contributed by atoms with Gasteiger partial charge in [0.1, 0.15) is 0 Å². The molecule has 0 N–H and O–H groups in total. The highest BCUT2D eigenvalue weighted by Gasteiger charge is 2.09. The molecule has 0 aromatic heterocycles. The molecule has 0 aliphatic rings. The molecule has 1 aromatic rings. The maximum Gasteiger partial charge on any atom is 0.270 e. The largest absolute Gasteiger partial charge is 0.270 e. The maximum absolute atomic E-state index is 10.4. The molecule has 0 saturated carbocycles. The second-order valence-electron chi connectivity index (χ2n) is 2.70. The Hall–Kier alpha value is -2.15. The molecule has 4 heteroatoms. The van der Waals surface area contributed by atoms with Crippen LogP contribution in [0.5, 0.6) is 0 Å². The first-order valence-corrected chi connectivity index (χ1v) is 3.97. The lowest BCUT2D eigenvalue weighted by atomic mass is 10.0. The molecule has 0 amide bonds. The van der Waals surface area contributed by atoms with Gasteiger partial charge < -0.3 is 0 Å². The van der Waals surface area contributed by atoms with Crippen molar-refractivity contribution >= 4 is 5.69 Å². The fourth-order valence-corrected chi connectivity index (χ4v) is 1.12. The van der Waals surface area contributed by atoms with Gasteiger partial charge in [-0.2, -0.15) is 5.26 Å². The van der Waals surface area contributed by atoms with Crippen LogP contribution in [0.3, 0.4) is 0 Å². The van der Waals surface area contributed by atoms with Crippen LogP contribution in [0.1, 0.15) is 11.1 Å². The van der Waals surface area contributed by atoms with Gasteiger partial charge in [0.2, 0.25) is 0 Å². The van der Waals surface area contributed by atoms with E-state index in [0.717, 1.165) is 5.56 Å². The zero-order valence-corrected chi connectivity index (χ0v) is 7.43. The molecule has 1 rings (SSSR count). The zero-order chi connectivity index (χ0) is 10.6. The van der Waals surface area contributed by atoms with Crippen molar-refractivity contribution < 1.29 is 4.92 Å². The lowest BCUT2D eigenvalue weighted by Gasteiger charge is -1.99. The van der Waals surface area contributed by atoms with Crippen molar-refractivity contribution in [1.29, 1.82) is 5.26 Å². The number of nitro groups is 1. The predicted molar refractivity (Wildman–Crippen MR) is 51.7 cm³/mol. The van der Waals surface area contributed by atoms with Crippen LogP contribution < -0.4 is 0 Å². The average molecular weight is 188 g/mol. The van der Waals surface area contributed by atoms with E-state index < -0.39 is 4.92 Å². The van der Waals surface area contributed by atoms with Gasteiger partial charge in [-0.3, -0.25) is 10.1 Å². The van der Waals surface area contributed by atoms with Gasteiger partial charge in [-0.25, -0.2) is 0 Å². The highest BCUT2D eigenvalue weighted by atomic mass is 16.6. The summed E-state index contributed by atoms with van der Waals surface area (Å²) in [6, 6.07) is 6.17. The SMILES string of the molecule is C=CCc1ccc([N+](=O)[O-])cc1C#N. The lowest BCUT2D eigenvalue weighted by Crippen LogP contribution is -1.92. The molecule has 0 fully saturated rings. The molecule has 0 heterocycles. The topological polar surface area (TPSA) is 66.9 Å². The van der Waals surface area contributed by atoms with Crippen molar-refractivity contribution in [3.63, 3.8) is 0 Å². The molecule has 0 aliphatic carbocycles. The number of non-ortho nitro benzene ring substituents is 1. The molecule has 0 radical (unpaired) electrons. The summed E-state index contributed by atoms with van der Waals surface area (Å²) in [5.41, 5.74) is 1.03. The van der Waals surface area contributed by atoms with Crippen LogP contribution in [-0.4, -0.2) is 4.92 Å². The van der Waals surface area contributed by atoms with Crippen molar-refractivity contribution in [2.75, 3.05) is 0 Å². The molecule has 0 saturated heterocycles. The molecule has 0 bridgehead atoms. The second kappa shape index (κ2) is 4.19. The molecular formula is C10H8N2O2. The Morgan fingerprint density at radius 3 is 2.86 bits per heavy atom. The van der Waals surface area contributed by atoms with E-state index in [4.69, 9.17) is 5.26 Å². The molecular weight excluding hydrogens is 180 g/mol. The molecule has 14 heavy (non-hydrogen) atoms. The van der Waals surface area contributed by atoms with Gasteiger partial charge >= 0.3 is 0 Å². The third kappa shape index (κ3) is 1.96. The first-order valence-electron chi connectivity index (χ1n) is 3.97. The van der Waals surface area contributed by atoms with Crippen LogP contribution in [-0.2, 0) is 6.42 Å². The van der Waals surface area contributed by atoms with Crippen LogP contribution in [0.4, 0.5) is 5.69 Å². The lowest BCUT2D eigenvalue weighted by molar-refractivity contribution is -0.384. The number of hydrogen-bond acceptors (Lipinski definition) is 3. The summed E-state index contributed by atoms with van der Waals surface area (Å²) in [6.07, 6.45) is 2.20. The quantitative estimate of drug-likeness (QED) is 0.415. The van der Waals surface area contributed by atoms with Gasteiger partial charge in [0, 0.05) is 12.1 Å². The van der Waals surface area contributed by atoms with E-state index in [1.54, 1.807) is 12.1 Å². The van der Waals surface area contributed by atoms with Gasteiger partial charge in [0.15, 0.2) is 0 Å². The van der Waals surface area contributed by atoms with E-state index in [0.29, 0.717) is 12.0 Å². The monoisotopic (exact) mass is 188 g/mol. The Labute approximate surface area is 81.2 Å². The highest BCUT2D eigenvalue weighted by molar-refractivity contribution is 5.46. The zero-order valence-electron chi connectivity index (χ0n) is 7.43. The minimum absolute atomic E-state index is 0.0608. The summed E-state index contributed by atoms with van der Waals surface area (Å²) in [4.78, 5) is 9.90. The summed E-state index contributed by atoms with van der Waals surface area (Å²) in [5.74, 6) is 0. The number of nitro benzene ring substituents is 1. The highest BCUT2D eigenvalue weighted by Crippen LogP contribution is 2.17. The fourth-order valence-electron chi connectivity index (χ4n) is 1.12. The normalized spacial score (nSPS) is 9.07. The van der Waals surface area contributed by atoms with E-state index in [-0.39, 0.29) is 5.69 Å². The number of nitrogens with zero attached hydrogens (tertiary/aromatic N) is 2. The van der Waals surface area contributed by atoms with Gasteiger partial charge in [-0.05, 0) is 12.0 Å². The molecule has 4 nitrogen and oxygen atoms in total. The smallest absolute Gasteiger partial charge is 0.258 e. The number of allylic oxidation sites excluding steroid dienone is 1. The third-order valence-corrected chi connectivity index (χ3v) is 1.79.